The molecular formula is C22H22N2O5. The lowest BCUT2D eigenvalue weighted by Gasteiger charge is -2.13. The molecule has 0 amide bonds. The van der Waals surface area contributed by atoms with Crippen molar-refractivity contribution in [2.75, 3.05) is 39.5 Å². The van der Waals surface area contributed by atoms with Crippen LogP contribution in [0.15, 0.2) is 48.5 Å². The summed E-state index contributed by atoms with van der Waals surface area (Å²) in [5.41, 5.74) is 3.02. The SMILES string of the molecule is COCCNc1cc(-c2cccc3c2OCO3)cc(-c2ccc(OC)cc2O)n1. The number of anilines is 1. The molecule has 4 rings (SSSR count). The van der Waals surface area contributed by atoms with Gasteiger partial charge in [0.2, 0.25) is 6.79 Å². The minimum absolute atomic E-state index is 0.0923. The quantitative estimate of drug-likeness (QED) is 0.588. The molecule has 2 N–H and O–H groups in total. The zero-order chi connectivity index (χ0) is 20.2. The molecule has 0 bridgehead atoms. The molecule has 0 atom stereocenters. The fraction of sp³-hybridized carbons (Fsp3) is 0.227. The van der Waals surface area contributed by atoms with Gasteiger partial charge in [-0.3, -0.25) is 0 Å². The van der Waals surface area contributed by atoms with Crippen LogP contribution < -0.4 is 19.5 Å². The van der Waals surface area contributed by atoms with Gasteiger partial charge in [0, 0.05) is 30.8 Å². The summed E-state index contributed by atoms with van der Waals surface area (Å²) < 4.78 is 21.5. The number of phenolic OH excluding ortho intramolecular Hbond substituents is 1. The molecule has 0 radical (unpaired) electrons. The molecular weight excluding hydrogens is 372 g/mol. The van der Waals surface area contributed by atoms with E-state index in [1.165, 1.54) is 0 Å². The number of phenols is 1. The number of ether oxygens (including phenoxy) is 4. The number of pyridine rings is 1. The first-order valence-corrected chi connectivity index (χ1v) is 9.21. The molecule has 0 fully saturated rings. The van der Waals surface area contributed by atoms with Crippen molar-refractivity contribution >= 4 is 5.82 Å². The Labute approximate surface area is 168 Å². The van der Waals surface area contributed by atoms with Crippen LogP contribution in [0.1, 0.15) is 0 Å². The minimum atomic E-state index is 0.0923. The van der Waals surface area contributed by atoms with Crippen molar-refractivity contribution in [2.24, 2.45) is 0 Å². The predicted octanol–water partition coefficient (Wildman–Crippen LogP) is 3.92. The molecule has 1 aliphatic rings. The highest BCUT2D eigenvalue weighted by molar-refractivity contribution is 5.81. The van der Waals surface area contributed by atoms with Crippen LogP contribution in [0.25, 0.3) is 22.4 Å². The summed E-state index contributed by atoms with van der Waals surface area (Å²) in [6.45, 7) is 1.35. The molecule has 7 nitrogen and oxygen atoms in total. The van der Waals surface area contributed by atoms with Crippen molar-refractivity contribution in [1.82, 2.24) is 4.98 Å². The van der Waals surface area contributed by atoms with Gasteiger partial charge in [-0.15, -0.1) is 0 Å². The number of hydrogen-bond donors (Lipinski definition) is 2. The van der Waals surface area contributed by atoms with E-state index in [4.69, 9.17) is 18.9 Å². The number of hydrogen-bond acceptors (Lipinski definition) is 7. The van der Waals surface area contributed by atoms with Crippen LogP contribution in [-0.2, 0) is 4.74 Å². The maximum atomic E-state index is 10.5. The van der Waals surface area contributed by atoms with Gasteiger partial charge in [-0.2, -0.15) is 0 Å². The van der Waals surface area contributed by atoms with Crippen molar-refractivity contribution in [3.63, 3.8) is 0 Å². The number of aromatic hydroxyl groups is 1. The monoisotopic (exact) mass is 394 g/mol. The lowest BCUT2D eigenvalue weighted by Crippen LogP contribution is -2.09. The lowest BCUT2D eigenvalue weighted by atomic mass is 10.0. The van der Waals surface area contributed by atoms with Crippen LogP contribution in [0, 0.1) is 0 Å². The van der Waals surface area contributed by atoms with Crippen molar-refractivity contribution in [3.05, 3.63) is 48.5 Å². The third-order valence-corrected chi connectivity index (χ3v) is 4.63. The molecule has 2 heterocycles. The van der Waals surface area contributed by atoms with Gasteiger partial charge in [0.15, 0.2) is 11.5 Å². The van der Waals surface area contributed by atoms with Crippen LogP contribution in [0.4, 0.5) is 5.82 Å². The van der Waals surface area contributed by atoms with Gasteiger partial charge in [-0.05, 0) is 35.9 Å². The number of methoxy groups -OCH3 is 2. The Kier molecular flexibility index (Phi) is 5.39. The molecule has 0 spiro atoms. The maximum Gasteiger partial charge on any atom is 0.231 e. The highest BCUT2D eigenvalue weighted by atomic mass is 16.7. The normalized spacial score (nSPS) is 12.1. The van der Waals surface area contributed by atoms with Gasteiger partial charge < -0.3 is 29.4 Å². The second-order valence-electron chi connectivity index (χ2n) is 6.47. The highest BCUT2D eigenvalue weighted by Crippen LogP contribution is 2.43. The zero-order valence-corrected chi connectivity index (χ0v) is 16.3. The maximum absolute atomic E-state index is 10.5. The van der Waals surface area contributed by atoms with Gasteiger partial charge in [0.25, 0.3) is 0 Å². The number of aromatic nitrogens is 1. The van der Waals surface area contributed by atoms with E-state index in [0.29, 0.717) is 47.5 Å². The first kappa shape index (κ1) is 18.9. The van der Waals surface area contributed by atoms with Crippen molar-refractivity contribution in [2.45, 2.75) is 0 Å². The third-order valence-electron chi connectivity index (χ3n) is 4.63. The fourth-order valence-electron chi connectivity index (χ4n) is 3.21. The largest absolute Gasteiger partial charge is 0.507 e. The van der Waals surface area contributed by atoms with Gasteiger partial charge in [0.1, 0.15) is 17.3 Å². The average Bonchev–Trinajstić information content (AvgIpc) is 3.22. The molecule has 0 aliphatic carbocycles. The molecule has 0 saturated carbocycles. The second-order valence-corrected chi connectivity index (χ2v) is 6.47. The summed E-state index contributed by atoms with van der Waals surface area (Å²) in [6, 6.07) is 14.8. The molecule has 29 heavy (non-hydrogen) atoms. The Morgan fingerprint density at radius 2 is 1.97 bits per heavy atom. The van der Waals surface area contributed by atoms with Crippen LogP contribution in [-0.4, -0.2) is 44.3 Å². The van der Waals surface area contributed by atoms with Gasteiger partial charge in [-0.1, -0.05) is 12.1 Å². The Bertz CT molecular complexity index is 1020. The van der Waals surface area contributed by atoms with Gasteiger partial charge in [-0.25, -0.2) is 4.98 Å². The summed E-state index contributed by atoms with van der Waals surface area (Å²) in [5.74, 6) is 2.75. The summed E-state index contributed by atoms with van der Waals surface area (Å²) in [5, 5.41) is 13.8. The van der Waals surface area contributed by atoms with E-state index in [9.17, 15) is 5.11 Å². The van der Waals surface area contributed by atoms with E-state index in [0.717, 1.165) is 11.1 Å². The Balaban J connectivity index is 1.81. The third kappa shape index (κ3) is 3.90. The fourth-order valence-corrected chi connectivity index (χ4v) is 3.21. The van der Waals surface area contributed by atoms with Crippen LogP contribution in [0.3, 0.4) is 0 Å². The molecule has 1 aromatic heterocycles. The molecule has 2 aromatic carbocycles. The molecule has 0 unspecified atom stereocenters. The smallest absolute Gasteiger partial charge is 0.231 e. The first-order chi connectivity index (χ1) is 14.2. The Hall–Kier alpha value is -3.45. The molecule has 7 heteroatoms. The lowest BCUT2D eigenvalue weighted by molar-refractivity contribution is 0.174. The van der Waals surface area contributed by atoms with Gasteiger partial charge >= 0.3 is 0 Å². The van der Waals surface area contributed by atoms with E-state index < -0.39 is 0 Å². The molecule has 3 aromatic rings. The Morgan fingerprint density at radius 3 is 2.76 bits per heavy atom. The standard InChI is InChI=1S/C22H22N2O5/c1-26-9-8-23-21-11-14(16-4-3-5-20-22(16)29-13-28-20)10-18(24-21)17-7-6-15(27-2)12-19(17)25/h3-7,10-12,25H,8-9,13H2,1-2H3,(H,23,24). The first-order valence-electron chi connectivity index (χ1n) is 9.21. The van der Waals surface area contributed by atoms with Crippen molar-refractivity contribution in [3.8, 4) is 45.4 Å². The average molecular weight is 394 g/mol. The van der Waals surface area contributed by atoms with Crippen molar-refractivity contribution in [1.29, 1.82) is 0 Å². The van der Waals surface area contributed by atoms with Crippen LogP contribution in [0.5, 0.6) is 23.0 Å². The van der Waals surface area contributed by atoms with Crippen molar-refractivity contribution < 1.29 is 24.1 Å². The number of rotatable bonds is 7. The van der Waals surface area contributed by atoms with E-state index >= 15 is 0 Å². The number of para-hydroxylation sites is 1. The zero-order valence-electron chi connectivity index (χ0n) is 16.3. The highest BCUT2D eigenvalue weighted by Gasteiger charge is 2.20. The molecule has 0 saturated heterocycles. The number of fused-ring (bicyclic) bond motifs is 1. The van der Waals surface area contributed by atoms with E-state index in [2.05, 4.69) is 10.3 Å². The van der Waals surface area contributed by atoms with E-state index in [-0.39, 0.29) is 12.5 Å². The summed E-state index contributed by atoms with van der Waals surface area (Å²) >= 11 is 0. The van der Waals surface area contributed by atoms with Crippen LogP contribution >= 0.6 is 0 Å². The van der Waals surface area contributed by atoms with Gasteiger partial charge in [0.05, 0.1) is 19.4 Å². The molecule has 1 aliphatic heterocycles. The molecule has 150 valence electrons. The number of nitrogens with zero attached hydrogens (tertiary/aromatic N) is 1. The number of nitrogens with one attached hydrogen (secondary N) is 1. The number of benzene rings is 2. The van der Waals surface area contributed by atoms with E-state index in [1.54, 1.807) is 32.4 Å². The summed E-state index contributed by atoms with van der Waals surface area (Å²) in [4.78, 5) is 4.67. The second kappa shape index (κ2) is 8.28. The van der Waals surface area contributed by atoms with E-state index in [1.807, 2.05) is 30.3 Å². The minimum Gasteiger partial charge on any atom is -0.507 e. The predicted molar refractivity (Wildman–Crippen MR) is 110 cm³/mol. The Morgan fingerprint density at radius 1 is 1.07 bits per heavy atom. The summed E-state index contributed by atoms with van der Waals surface area (Å²) in [6.07, 6.45) is 0. The summed E-state index contributed by atoms with van der Waals surface area (Å²) in [7, 11) is 3.21. The van der Waals surface area contributed by atoms with Crippen LogP contribution in [0.2, 0.25) is 0 Å². The topological polar surface area (TPSA) is 82.1 Å².